The smallest absolute Gasteiger partial charge is 0.382 e. The molecule has 0 saturated carbocycles. The van der Waals surface area contributed by atoms with E-state index in [2.05, 4.69) is 0 Å². The van der Waals surface area contributed by atoms with Crippen molar-refractivity contribution in [2.75, 3.05) is 27.2 Å². The summed E-state index contributed by atoms with van der Waals surface area (Å²) in [5.74, 6) is -0.310. The SMILES string of the molecule is CN(CC(=O)N(C)Cc1ccccc1)CC(O)C(F)(F)F. The number of hydrogen-bond donors (Lipinski definition) is 1. The van der Waals surface area contributed by atoms with Crippen molar-refractivity contribution >= 4 is 5.91 Å². The number of carbonyl (C=O) groups is 1. The first-order valence-corrected chi connectivity index (χ1v) is 6.41. The quantitative estimate of drug-likeness (QED) is 0.866. The standard InChI is InChI=1S/C14H19F3N2O2/c1-18(9-12(20)14(15,16)17)10-13(21)19(2)8-11-6-4-3-5-7-11/h3-7,12,20H,8-10H2,1-2H3. The lowest BCUT2D eigenvalue weighted by atomic mass is 10.2. The number of alkyl halides is 3. The highest BCUT2D eigenvalue weighted by Crippen LogP contribution is 2.20. The average Bonchev–Trinajstić information content (AvgIpc) is 2.38. The molecular formula is C14H19F3N2O2. The van der Waals surface area contributed by atoms with Crippen molar-refractivity contribution in [1.29, 1.82) is 0 Å². The lowest BCUT2D eigenvalue weighted by molar-refractivity contribution is -0.207. The second-order valence-corrected chi connectivity index (χ2v) is 4.99. The molecule has 0 fully saturated rings. The molecule has 1 atom stereocenters. The van der Waals surface area contributed by atoms with Crippen LogP contribution in [0.5, 0.6) is 0 Å². The van der Waals surface area contributed by atoms with Crippen LogP contribution in [0, 0.1) is 0 Å². The molecule has 0 aliphatic carbocycles. The molecule has 0 radical (unpaired) electrons. The maximum Gasteiger partial charge on any atom is 0.415 e. The molecule has 0 heterocycles. The Morgan fingerprint density at radius 2 is 1.81 bits per heavy atom. The van der Waals surface area contributed by atoms with E-state index in [0.29, 0.717) is 6.54 Å². The topological polar surface area (TPSA) is 43.8 Å². The predicted octanol–water partition coefficient (Wildman–Crippen LogP) is 1.50. The van der Waals surface area contributed by atoms with Crippen molar-refractivity contribution in [3.63, 3.8) is 0 Å². The Morgan fingerprint density at radius 1 is 1.24 bits per heavy atom. The summed E-state index contributed by atoms with van der Waals surface area (Å²) in [4.78, 5) is 14.5. The highest BCUT2D eigenvalue weighted by atomic mass is 19.4. The fraction of sp³-hybridized carbons (Fsp3) is 0.500. The third-order valence-corrected chi connectivity index (χ3v) is 2.96. The summed E-state index contributed by atoms with van der Waals surface area (Å²) in [6.45, 7) is -0.430. The lowest BCUT2D eigenvalue weighted by Gasteiger charge is -2.24. The van der Waals surface area contributed by atoms with E-state index in [1.807, 2.05) is 30.3 Å². The molecule has 0 aromatic heterocycles. The third kappa shape index (κ3) is 6.14. The Bertz CT molecular complexity index is 451. The van der Waals surface area contributed by atoms with E-state index in [1.54, 1.807) is 7.05 Å². The number of rotatable bonds is 6. The molecular weight excluding hydrogens is 285 g/mol. The molecule has 7 heteroatoms. The number of aliphatic hydroxyl groups is 1. The molecule has 1 rings (SSSR count). The van der Waals surface area contributed by atoms with Crippen LogP contribution in [0.15, 0.2) is 30.3 Å². The molecule has 0 bridgehead atoms. The van der Waals surface area contributed by atoms with Crippen LogP contribution in [0.2, 0.25) is 0 Å². The van der Waals surface area contributed by atoms with Gasteiger partial charge in [-0.1, -0.05) is 30.3 Å². The summed E-state index contributed by atoms with van der Waals surface area (Å²) >= 11 is 0. The molecule has 21 heavy (non-hydrogen) atoms. The van der Waals surface area contributed by atoms with Gasteiger partial charge in [0.2, 0.25) is 5.91 Å². The van der Waals surface area contributed by atoms with Crippen LogP contribution in [0.4, 0.5) is 13.2 Å². The molecule has 1 amide bonds. The van der Waals surface area contributed by atoms with Crippen molar-refractivity contribution in [1.82, 2.24) is 9.80 Å². The second kappa shape index (κ2) is 7.42. The van der Waals surface area contributed by atoms with Crippen LogP contribution in [0.25, 0.3) is 0 Å². The summed E-state index contributed by atoms with van der Waals surface area (Å²) < 4.78 is 36.7. The van der Waals surface area contributed by atoms with Gasteiger partial charge in [-0.05, 0) is 12.6 Å². The first-order valence-electron chi connectivity index (χ1n) is 6.41. The van der Waals surface area contributed by atoms with E-state index in [0.717, 1.165) is 10.5 Å². The molecule has 0 saturated heterocycles. The maximum atomic E-state index is 12.2. The first kappa shape index (κ1) is 17.5. The van der Waals surface area contributed by atoms with Gasteiger partial charge in [0.15, 0.2) is 6.10 Å². The fourth-order valence-corrected chi connectivity index (χ4v) is 1.76. The normalized spacial score (nSPS) is 13.3. The van der Waals surface area contributed by atoms with Crippen molar-refractivity contribution in [2.24, 2.45) is 0 Å². The summed E-state index contributed by atoms with van der Waals surface area (Å²) in [6, 6.07) is 9.28. The number of benzene rings is 1. The summed E-state index contributed by atoms with van der Waals surface area (Å²) in [5, 5.41) is 8.95. The molecule has 1 aromatic carbocycles. The number of carbonyl (C=O) groups excluding carboxylic acids is 1. The second-order valence-electron chi connectivity index (χ2n) is 4.99. The van der Waals surface area contributed by atoms with Crippen LogP contribution in [0.3, 0.4) is 0 Å². The maximum absolute atomic E-state index is 12.2. The number of likely N-dealkylation sites (N-methyl/N-ethyl adjacent to an activating group) is 2. The van der Waals surface area contributed by atoms with Gasteiger partial charge in [0.05, 0.1) is 6.54 Å². The number of aliphatic hydroxyl groups excluding tert-OH is 1. The molecule has 4 nitrogen and oxygen atoms in total. The fourth-order valence-electron chi connectivity index (χ4n) is 1.76. The Kier molecular flexibility index (Phi) is 6.17. The Labute approximate surface area is 121 Å². The minimum absolute atomic E-state index is 0.184. The van der Waals surface area contributed by atoms with Gasteiger partial charge in [0, 0.05) is 20.1 Å². The monoisotopic (exact) mass is 304 g/mol. The molecule has 0 aliphatic rings. The van der Waals surface area contributed by atoms with E-state index in [4.69, 9.17) is 5.11 Å². The van der Waals surface area contributed by atoms with Gasteiger partial charge in [0.1, 0.15) is 0 Å². The number of amides is 1. The zero-order chi connectivity index (χ0) is 16.0. The highest BCUT2D eigenvalue weighted by molar-refractivity contribution is 5.77. The van der Waals surface area contributed by atoms with Gasteiger partial charge in [-0.15, -0.1) is 0 Å². The van der Waals surface area contributed by atoms with E-state index in [1.165, 1.54) is 11.9 Å². The molecule has 1 unspecified atom stereocenters. The number of nitrogens with zero attached hydrogens (tertiary/aromatic N) is 2. The predicted molar refractivity (Wildman–Crippen MR) is 72.5 cm³/mol. The Balaban J connectivity index is 2.45. The molecule has 118 valence electrons. The Hall–Kier alpha value is -1.60. The minimum atomic E-state index is -4.67. The molecule has 0 spiro atoms. The van der Waals surface area contributed by atoms with Crippen LogP contribution < -0.4 is 0 Å². The van der Waals surface area contributed by atoms with Crippen molar-refractivity contribution in [2.45, 2.75) is 18.8 Å². The summed E-state index contributed by atoms with van der Waals surface area (Å²) in [6.07, 6.45) is -7.12. The van der Waals surface area contributed by atoms with Gasteiger partial charge >= 0.3 is 6.18 Å². The third-order valence-electron chi connectivity index (χ3n) is 2.96. The van der Waals surface area contributed by atoms with Gasteiger partial charge in [-0.25, -0.2) is 0 Å². The summed E-state index contributed by atoms with van der Waals surface area (Å²) in [7, 11) is 2.95. The highest BCUT2D eigenvalue weighted by Gasteiger charge is 2.38. The average molecular weight is 304 g/mol. The largest absolute Gasteiger partial charge is 0.415 e. The van der Waals surface area contributed by atoms with Crippen molar-refractivity contribution in [3.8, 4) is 0 Å². The van der Waals surface area contributed by atoms with E-state index >= 15 is 0 Å². The van der Waals surface area contributed by atoms with Gasteiger partial charge in [0.25, 0.3) is 0 Å². The minimum Gasteiger partial charge on any atom is -0.382 e. The van der Waals surface area contributed by atoms with Crippen LogP contribution >= 0.6 is 0 Å². The van der Waals surface area contributed by atoms with Gasteiger partial charge in [-0.3, -0.25) is 9.69 Å². The number of halogens is 3. The summed E-state index contributed by atoms with van der Waals surface area (Å²) in [5.41, 5.74) is 0.936. The van der Waals surface area contributed by atoms with E-state index in [-0.39, 0.29) is 12.5 Å². The zero-order valence-electron chi connectivity index (χ0n) is 12.0. The van der Waals surface area contributed by atoms with Crippen LogP contribution in [-0.2, 0) is 11.3 Å². The van der Waals surface area contributed by atoms with Crippen molar-refractivity contribution < 1.29 is 23.1 Å². The van der Waals surface area contributed by atoms with E-state index in [9.17, 15) is 18.0 Å². The Morgan fingerprint density at radius 3 is 2.33 bits per heavy atom. The van der Waals surface area contributed by atoms with Crippen LogP contribution in [-0.4, -0.2) is 60.3 Å². The van der Waals surface area contributed by atoms with Gasteiger partial charge < -0.3 is 10.0 Å². The van der Waals surface area contributed by atoms with Crippen LogP contribution in [0.1, 0.15) is 5.56 Å². The number of hydrogen-bond acceptors (Lipinski definition) is 3. The zero-order valence-corrected chi connectivity index (χ0v) is 12.0. The lowest BCUT2D eigenvalue weighted by Crippen LogP contribution is -2.43. The molecule has 0 aliphatic heterocycles. The van der Waals surface area contributed by atoms with E-state index < -0.39 is 18.8 Å². The van der Waals surface area contributed by atoms with Gasteiger partial charge in [-0.2, -0.15) is 13.2 Å². The molecule has 1 aromatic rings. The molecule has 1 N–H and O–H groups in total. The first-order chi connectivity index (χ1) is 9.70. The van der Waals surface area contributed by atoms with Crippen molar-refractivity contribution in [3.05, 3.63) is 35.9 Å².